The van der Waals surface area contributed by atoms with Crippen molar-refractivity contribution in [1.82, 2.24) is 0 Å². The molecule has 1 nitrogen and oxygen atoms in total. The molecule has 0 fully saturated rings. The minimum Gasteiger partial charge on any atom is -0.390 e. The summed E-state index contributed by atoms with van der Waals surface area (Å²) in [7, 11) is 0. The van der Waals surface area contributed by atoms with E-state index >= 15 is 0 Å². The molecule has 0 aromatic carbocycles. The van der Waals surface area contributed by atoms with Crippen LogP contribution < -0.4 is 0 Å². The Labute approximate surface area is 69.4 Å². The second-order valence-corrected chi connectivity index (χ2v) is 3.60. The van der Waals surface area contributed by atoms with Crippen LogP contribution in [-0.4, -0.2) is 10.7 Å². The van der Waals surface area contributed by atoms with Crippen molar-refractivity contribution in [2.75, 3.05) is 0 Å². The zero-order chi connectivity index (χ0) is 8.91. The van der Waals surface area contributed by atoms with Gasteiger partial charge in [-0.3, -0.25) is 0 Å². The summed E-state index contributed by atoms with van der Waals surface area (Å²) in [5, 5.41) is 9.33. The summed E-state index contributed by atoms with van der Waals surface area (Å²) in [6, 6.07) is 0. The second-order valence-electron chi connectivity index (χ2n) is 3.60. The average Bonchev–Trinajstić information content (AvgIpc) is 1.78. The topological polar surface area (TPSA) is 20.2 Å². The fourth-order valence-electron chi connectivity index (χ4n) is 0.721. The van der Waals surface area contributed by atoms with Gasteiger partial charge in [-0.25, -0.2) is 0 Å². The lowest BCUT2D eigenvalue weighted by Crippen LogP contribution is -2.17. The van der Waals surface area contributed by atoms with E-state index in [-0.39, 0.29) is 0 Å². The van der Waals surface area contributed by atoms with E-state index in [1.54, 1.807) is 0 Å². The zero-order valence-corrected chi connectivity index (χ0v) is 7.72. The highest BCUT2D eigenvalue weighted by Gasteiger charge is 2.09. The molecule has 0 atom stereocenters. The number of hydrogen-bond donors (Lipinski definition) is 1. The first-order chi connectivity index (χ1) is 4.92. The molecular formula is C10H18O. The Kier molecular flexibility index (Phi) is 4.12. The molecule has 0 amide bonds. The van der Waals surface area contributed by atoms with Gasteiger partial charge in [0.15, 0.2) is 0 Å². The molecule has 0 heterocycles. The van der Waals surface area contributed by atoms with Gasteiger partial charge in [-0.15, -0.1) is 0 Å². The van der Waals surface area contributed by atoms with Crippen LogP contribution >= 0.6 is 0 Å². The lowest BCUT2D eigenvalue weighted by Gasteiger charge is -2.14. The summed E-state index contributed by atoms with van der Waals surface area (Å²) >= 11 is 0. The molecule has 0 bridgehead atoms. The molecule has 0 aliphatic carbocycles. The molecule has 11 heavy (non-hydrogen) atoms. The summed E-state index contributed by atoms with van der Waals surface area (Å²) in [6.45, 7) is 9.34. The van der Waals surface area contributed by atoms with Crippen molar-refractivity contribution < 1.29 is 5.11 Å². The smallest absolute Gasteiger partial charge is 0.0594 e. The number of rotatable bonds is 4. The molecule has 0 rings (SSSR count). The first-order valence-electron chi connectivity index (χ1n) is 3.96. The van der Waals surface area contributed by atoms with Crippen molar-refractivity contribution in [1.29, 1.82) is 0 Å². The molecule has 0 aromatic heterocycles. The summed E-state index contributed by atoms with van der Waals surface area (Å²) in [4.78, 5) is 0. The lowest BCUT2D eigenvalue weighted by molar-refractivity contribution is 0.0721. The van der Waals surface area contributed by atoms with E-state index in [4.69, 9.17) is 0 Å². The van der Waals surface area contributed by atoms with Gasteiger partial charge in [0, 0.05) is 0 Å². The second kappa shape index (κ2) is 4.35. The Morgan fingerprint density at radius 3 is 2.45 bits per heavy atom. The molecule has 0 aliphatic rings. The van der Waals surface area contributed by atoms with Crippen LogP contribution in [0.2, 0.25) is 0 Å². The third-order valence-corrected chi connectivity index (χ3v) is 1.33. The SMILES string of the molecule is C=C(C)C=CCCC(C)(C)O. The number of aliphatic hydroxyl groups is 1. The maximum absolute atomic E-state index is 9.33. The van der Waals surface area contributed by atoms with Crippen molar-refractivity contribution >= 4 is 0 Å². The third-order valence-electron chi connectivity index (χ3n) is 1.33. The molecule has 0 unspecified atom stereocenters. The molecule has 1 N–H and O–H groups in total. The van der Waals surface area contributed by atoms with Gasteiger partial charge in [0.05, 0.1) is 5.60 Å². The average molecular weight is 154 g/mol. The van der Waals surface area contributed by atoms with Gasteiger partial charge in [-0.05, 0) is 33.6 Å². The Bertz CT molecular complexity index is 149. The highest BCUT2D eigenvalue weighted by Crippen LogP contribution is 2.10. The minimum absolute atomic E-state index is 0.542. The lowest BCUT2D eigenvalue weighted by atomic mass is 10.0. The van der Waals surface area contributed by atoms with Gasteiger partial charge in [0.2, 0.25) is 0 Å². The van der Waals surface area contributed by atoms with E-state index in [1.807, 2.05) is 32.9 Å². The summed E-state index contributed by atoms with van der Waals surface area (Å²) in [5.74, 6) is 0. The van der Waals surface area contributed by atoms with Gasteiger partial charge in [-0.2, -0.15) is 0 Å². The van der Waals surface area contributed by atoms with Gasteiger partial charge in [0.1, 0.15) is 0 Å². The maximum Gasteiger partial charge on any atom is 0.0594 e. The molecule has 64 valence electrons. The van der Waals surface area contributed by atoms with Crippen LogP contribution in [0.25, 0.3) is 0 Å². The van der Waals surface area contributed by atoms with E-state index in [1.165, 1.54) is 0 Å². The van der Waals surface area contributed by atoms with Crippen LogP contribution in [0.4, 0.5) is 0 Å². The molecule has 0 aliphatic heterocycles. The van der Waals surface area contributed by atoms with Crippen molar-refractivity contribution in [2.45, 2.75) is 39.2 Å². The Balaban J connectivity index is 3.50. The normalized spacial score (nSPS) is 12.4. The highest BCUT2D eigenvalue weighted by molar-refractivity contribution is 5.10. The van der Waals surface area contributed by atoms with Crippen molar-refractivity contribution in [3.63, 3.8) is 0 Å². The summed E-state index contributed by atoms with van der Waals surface area (Å²) in [6.07, 6.45) is 5.74. The van der Waals surface area contributed by atoms with Gasteiger partial charge in [0.25, 0.3) is 0 Å². The Morgan fingerprint density at radius 1 is 1.55 bits per heavy atom. The zero-order valence-electron chi connectivity index (χ0n) is 7.72. The Morgan fingerprint density at radius 2 is 2.09 bits per heavy atom. The quantitative estimate of drug-likeness (QED) is 0.617. The first kappa shape index (κ1) is 10.4. The molecule has 0 aromatic rings. The minimum atomic E-state index is -0.542. The van der Waals surface area contributed by atoms with Crippen molar-refractivity contribution in [2.24, 2.45) is 0 Å². The van der Waals surface area contributed by atoms with Gasteiger partial charge in [-0.1, -0.05) is 24.3 Å². The predicted molar refractivity (Wildman–Crippen MR) is 49.5 cm³/mol. The standard InChI is InChI=1S/C10H18O/c1-9(2)7-5-6-8-10(3,4)11/h5,7,11H,1,6,8H2,2-4H3. The predicted octanol–water partition coefficient (Wildman–Crippen LogP) is 2.67. The van der Waals surface area contributed by atoms with Crippen molar-refractivity contribution in [3.8, 4) is 0 Å². The van der Waals surface area contributed by atoms with Crippen molar-refractivity contribution in [3.05, 3.63) is 24.3 Å². The van der Waals surface area contributed by atoms with Crippen LogP contribution in [0.3, 0.4) is 0 Å². The van der Waals surface area contributed by atoms with Crippen LogP contribution in [0.1, 0.15) is 33.6 Å². The van der Waals surface area contributed by atoms with E-state index in [9.17, 15) is 5.11 Å². The first-order valence-corrected chi connectivity index (χ1v) is 3.96. The van der Waals surface area contributed by atoms with Crippen LogP contribution in [-0.2, 0) is 0 Å². The van der Waals surface area contributed by atoms with E-state index in [2.05, 4.69) is 6.58 Å². The monoisotopic (exact) mass is 154 g/mol. The third kappa shape index (κ3) is 9.44. The van der Waals surface area contributed by atoms with Crippen LogP contribution in [0.5, 0.6) is 0 Å². The molecular weight excluding hydrogens is 136 g/mol. The van der Waals surface area contributed by atoms with Crippen LogP contribution in [0, 0.1) is 0 Å². The molecule has 1 heteroatoms. The fraction of sp³-hybridized carbons (Fsp3) is 0.600. The largest absolute Gasteiger partial charge is 0.390 e. The fourth-order valence-corrected chi connectivity index (χ4v) is 0.721. The number of hydrogen-bond acceptors (Lipinski definition) is 1. The van der Waals surface area contributed by atoms with Crippen LogP contribution in [0.15, 0.2) is 24.3 Å². The summed E-state index contributed by atoms with van der Waals surface area (Å²) in [5.41, 5.74) is 0.514. The van der Waals surface area contributed by atoms with E-state index < -0.39 is 5.60 Å². The summed E-state index contributed by atoms with van der Waals surface area (Å²) < 4.78 is 0. The molecule has 0 saturated heterocycles. The molecule has 0 radical (unpaired) electrons. The van der Waals surface area contributed by atoms with E-state index in [0.29, 0.717) is 0 Å². The Hall–Kier alpha value is -0.560. The molecule has 0 spiro atoms. The molecule has 0 saturated carbocycles. The van der Waals surface area contributed by atoms with E-state index in [0.717, 1.165) is 18.4 Å². The van der Waals surface area contributed by atoms with Gasteiger partial charge >= 0.3 is 0 Å². The maximum atomic E-state index is 9.33. The number of allylic oxidation sites excluding steroid dienone is 3. The van der Waals surface area contributed by atoms with Gasteiger partial charge < -0.3 is 5.11 Å². The highest BCUT2D eigenvalue weighted by atomic mass is 16.3.